The van der Waals surface area contributed by atoms with Crippen LogP contribution in [0.25, 0.3) is 11.0 Å². The highest BCUT2D eigenvalue weighted by atomic mass is 32.1. The number of imidazole rings is 1. The second kappa shape index (κ2) is 9.79. The van der Waals surface area contributed by atoms with E-state index >= 15 is 0 Å². The molecule has 5 nitrogen and oxygen atoms in total. The van der Waals surface area contributed by atoms with E-state index in [0.29, 0.717) is 18.0 Å². The monoisotopic (exact) mass is 433 g/mol. The molecule has 2 aromatic heterocycles. The first-order valence-corrected chi connectivity index (χ1v) is 11.5. The Bertz CT molecular complexity index is 1140. The van der Waals surface area contributed by atoms with Gasteiger partial charge in [0.2, 0.25) is 0 Å². The van der Waals surface area contributed by atoms with E-state index in [-0.39, 0.29) is 5.91 Å². The van der Waals surface area contributed by atoms with Gasteiger partial charge in [-0.3, -0.25) is 4.79 Å². The number of ether oxygens (including phenoxy) is 1. The van der Waals surface area contributed by atoms with Crippen molar-refractivity contribution in [3.05, 3.63) is 81.8 Å². The summed E-state index contributed by atoms with van der Waals surface area (Å²) in [5.74, 6) is 1.81. The number of hydrogen-bond acceptors (Lipinski definition) is 4. The van der Waals surface area contributed by atoms with Gasteiger partial charge in [0.25, 0.3) is 5.91 Å². The van der Waals surface area contributed by atoms with E-state index in [4.69, 9.17) is 9.72 Å². The van der Waals surface area contributed by atoms with Crippen LogP contribution >= 0.6 is 11.3 Å². The first kappa shape index (κ1) is 21.1. The van der Waals surface area contributed by atoms with Crippen molar-refractivity contribution in [1.29, 1.82) is 0 Å². The van der Waals surface area contributed by atoms with E-state index in [0.717, 1.165) is 42.0 Å². The number of para-hydroxylation sites is 3. The quantitative estimate of drug-likeness (QED) is 0.354. The predicted octanol–water partition coefficient (Wildman–Crippen LogP) is 5.50. The average molecular weight is 434 g/mol. The van der Waals surface area contributed by atoms with Crippen molar-refractivity contribution in [2.75, 3.05) is 6.61 Å². The number of hydrogen-bond donors (Lipinski definition) is 1. The van der Waals surface area contributed by atoms with Crippen molar-refractivity contribution >= 4 is 28.3 Å². The molecule has 4 aromatic rings. The highest BCUT2D eigenvalue weighted by Gasteiger charge is 2.13. The normalized spacial score (nSPS) is 11.0. The Balaban J connectivity index is 1.38. The smallest absolute Gasteiger partial charge is 0.261 e. The number of aryl methyl sites for hydroxylation is 3. The number of nitrogens with one attached hydrogen (secondary N) is 1. The molecule has 31 heavy (non-hydrogen) atoms. The fraction of sp³-hybridized carbons (Fsp3) is 0.280. The molecular formula is C25H27N3O2S. The Morgan fingerprint density at radius 1 is 1.03 bits per heavy atom. The van der Waals surface area contributed by atoms with E-state index < -0.39 is 0 Å². The van der Waals surface area contributed by atoms with Crippen molar-refractivity contribution in [2.24, 2.45) is 0 Å². The second-order valence-electron chi connectivity index (χ2n) is 7.60. The topological polar surface area (TPSA) is 56.1 Å². The Hall–Kier alpha value is -3.12. The Morgan fingerprint density at radius 2 is 1.84 bits per heavy atom. The van der Waals surface area contributed by atoms with Gasteiger partial charge in [0.05, 0.1) is 29.1 Å². The van der Waals surface area contributed by atoms with Crippen LogP contribution in [-0.4, -0.2) is 22.1 Å². The zero-order valence-electron chi connectivity index (χ0n) is 17.9. The highest BCUT2D eigenvalue weighted by Crippen LogP contribution is 2.23. The summed E-state index contributed by atoms with van der Waals surface area (Å²) in [6, 6.07) is 18.0. The summed E-state index contributed by atoms with van der Waals surface area (Å²) in [5, 5.41) is 4.91. The lowest BCUT2D eigenvalue weighted by Gasteiger charge is -2.13. The highest BCUT2D eigenvalue weighted by molar-refractivity contribution is 7.12. The van der Waals surface area contributed by atoms with Gasteiger partial charge in [-0.25, -0.2) is 4.98 Å². The molecule has 2 heterocycles. The summed E-state index contributed by atoms with van der Waals surface area (Å²) in [5.41, 5.74) is 4.39. The summed E-state index contributed by atoms with van der Waals surface area (Å²) in [7, 11) is 0. The van der Waals surface area contributed by atoms with Crippen LogP contribution < -0.4 is 10.1 Å². The summed E-state index contributed by atoms with van der Waals surface area (Å²) in [6.07, 6.45) is 1.92. The predicted molar refractivity (Wildman–Crippen MR) is 126 cm³/mol. The maximum Gasteiger partial charge on any atom is 0.261 e. The van der Waals surface area contributed by atoms with Gasteiger partial charge in [-0.1, -0.05) is 36.4 Å². The van der Waals surface area contributed by atoms with Gasteiger partial charge in [-0.15, -0.1) is 11.3 Å². The van der Waals surface area contributed by atoms with Crippen molar-refractivity contribution in [3.63, 3.8) is 0 Å². The van der Waals surface area contributed by atoms with Crippen LogP contribution in [-0.2, 0) is 13.1 Å². The standard InChI is InChI=1S/C25H27N3O2S/c1-18-9-7-10-19(2)24(18)30-15-6-5-14-28-21-12-4-3-11-20(21)27-23(28)17-26-25(29)22-13-8-16-31-22/h3-4,7-13,16H,5-6,14-15,17H2,1-2H3,(H,26,29). The molecular weight excluding hydrogens is 406 g/mol. The molecule has 4 rings (SSSR count). The molecule has 0 radical (unpaired) electrons. The lowest BCUT2D eigenvalue weighted by atomic mass is 10.1. The van der Waals surface area contributed by atoms with Gasteiger partial charge in [-0.05, 0) is 61.4 Å². The molecule has 6 heteroatoms. The molecule has 2 aromatic carbocycles. The minimum absolute atomic E-state index is 0.0596. The van der Waals surface area contributed by atoms with Crippen LogP contribution in [0.1, 0.15) is 39.5 Å². The van der Waals surface area contributed by atoms with Crippen molar-refractivity contribution in [1.82, 2.24) is 14.9 Å². The van der Waals surface area contributed by atoms with Crippen LogP contribution in [0.15, 0.2) is 60.0 Å². The number of carbonyl (C=O) groups is 1. The number of unbranched alkanes of at least 4 members (excludes halogenated alkanes) is 1. The van der Waals surface area contributed by atoms with Crippen LogP contribution in [0.2, 0.25) is 0 Å². The molecule has 0 aliphatic carbocycles. The average Bonchev–Trinajstić information content (AvgIpc) is 3.42. The molecule has 0 bridgehead atoms. The van der Waals surface area contributed by atoms with Gasteiger partial charge in [0.1, 0.15) is 11.6 Å². The van der Waals surface area contributed by atoms with E-state index in [9.17, 15) is 4.79 Å². The fourth-order valence-corrected chi connectivity index (χ4v) is 4.38. The van der Waals surface area contributed by atoms with E-state index in [1.165, 1.54) is 22.5 Å². The molecule has 0 atom stereocenters. The number of carbonyl (C=O) groups excluding carboxylic acids is 1. The van der Waals surface area contributed by atoms with Crippen LogP contribution in [0.5, 0.6) is 5.75 Å². The summed E-state index contributed by atoms with van der Waals surface area (Å²) >= 11 is 1.44. The third-order valence-electron chi connectivity index (χ3n) is 5.32. The first-order valence-electron chi connectivity index (χ1n) is 10.6. The van der Waals surface area contributed by atoms with Crippen LogP contribution in [0.3, 0.4) is 0 Å². The number of thiophene rings is 1. The number of fused-ring (bicyclic) bond motifs is 1. The minimum atomic E-state index is -0.0596. The third-order valence-corrected chi connectivity index (χ3v) is 6.19. The van der Waals surface area contributed by atoms with Gasteiger partial charge in [0.15, 0.2) is 0 Å². The van der Waals surface area contributed by atoms with Gasteiger partial charge < -0.3 is 14.6 Å². The van der Waals surface area contributed by atoms with Crippen molar-refractivity contribution in [3.8, 4) is 5.75 Å². The second-order valence-corrected chi connectivity index (χ2v) is 8.55. The van der Waals surface area contributed by atoms with Gasteiger partial charge in [-0.2, -0.15) is 0 Å². The largest absolute Gasteiger partial charge is 0.493 e. The molecule has 1 amide bonds. The SMILES string of the molecule is Cc1cccc(C)c1OCCCCn1c(CNC(=O)c2cccs2)nc2ccccc21. The summed E-state index contributed by atoms with van der Waals surface area (Å²) in [6.45, 7) is 6.08. The zero-order chi connectivity index (χ0) is 21.6. The fourth-order valence-electron chi connectivity index (χ4n) is 3.74. The minimum Gasteiger partial charge on any atom is -0.493 e. The summed E-state index contributed by atoms with van der Waals surface area (Å²) in [4.78, 5) is 17.8. The van der Waals surface area contributed by atoms with Crippen molar-refractivity contribution in [2.45, 2.75) is 39.8 Å². The van der Waals surface area contributed by atoms with Crippen molar-refractivity contribution < 1.29 is 9.53 Å². The van der Waals surface area contributed by atoms with Gasteiger partial charge in [0, 0.05) is 6.54 Å². The van der Waals surface area contributed by atoms with Crippen LogP contribution in [0.4, 0.5) is 0 Å². The Morgan fingerprint density at radius 3 is 2.61 bits per heavy atom. The maximum atomic E-state index is 12.3. The molecule has 0 unspecified atom stereocenters. The molecule has 0 saturated carbocycles. The lowest BCUT2D eigenvalue weighted by Crippen LogP contribution is -2.24. The summed E-state index contributed by atoms with van der Waals surface area (Å²) < 4.78 is 8.26. The molecule has 160 valence electrons. The van der Waals surface area contributed by atoms with Crippen LogP contribution in [0, 0.1) is 13.8 Å². The lowest BCUT2D eigenvalue weighted by molar-refractivity contribution is 0.0953. The zero-order valence-corrected chi connectivity index (χ0v) is 18.7. The maximum absolute atomic E-state index is 12.3. The molecule has 0 saturated heterocycles. The number of aromatic nitrogens is 2. The number of amides is 1. The molecule has 0 fully saturated rings. The Labute approximate surface area is 186 Å². The van der Waals surface area contributed by atoms with E-state index in [1.54, 1.807) is 0 Å². The molecule has 0 aliphatic heterocycles. The molecule has 0 spiro atoms. The molecule has 0 aliphatic rings. The molecule has 1 N–H and O–H groups in total. The van der Waals surface area contributed by atoms with E-state index in [2.05, 4.69) is 48.0 Å². The number of nitrogens with zero attached hydrogens (tertiary/aromatic N) is 2. The third kappa shape index (κ3) is 4.97. The van der Waals surface area contributed by atoms with Gasteiger partial charge >= 0.3 is 0 Å². The number of rotatable bonds is 9. The Kier molecular flexibility index (Phi) is 6.67. The van der Waals surface area contributed by atoms with E-state index in [1.807, 2.05) is 35.7 Å². The number of benzene rings is 2. The first-order chi connectivity index (χ1) is 15.1.